The van der Waals surface area contributed by atoms with E-state index in [-0.39, 0.29) is 23.4 Å². The fourth-order valence-corrected chi connectivity index (χ4v) is 4.82. The van der Waals surface area contributed by atoms with Crippen LogP contribution in [0.25, 0.3) is 0 Å². The van der Waals surface area contributed by atoms with Crippen molar-refractivity contribution in [2.75, 3.05) is 11.9 Å². The van der Waals surface area contributed by atoms with Crippen LogP contribution in [0.15, 0.2) is 45.3 Å². The molecule has 1 fully saturated rings. The van der Waals surface area contributed by atoms with Crippen LogP contribution in [-0.4, -0.2) is 39.6 Å². The van der Waals surface area contributed by atoms with Gasteiger partial charge in [-0.05, 0) is 54.0 Å². The molecule has 0 bridgehead atoms. The fourth-order valence-electron chi connectivity index (χ4n) is 2.59. The molecule has 1 aliphatic heterocycles. The number of nitrogens with zero attached hydrogens (tertiary/aromatic N) is 2. The lowest BCUT2D eigenvalue weighted by atomic mass is 10.2. The molecule has 2 heterocycles. The molecule has 0 unspecified atom stereocenters. The maximum atomic E-state index is 12.6. The van der Waals surface area contributed by atoms with Crippen LogP contribution in [0.2, 0.25) is 0 Å². The lowest BCUT2D eigenvalue weighted by molar-refractivity contribution is -0.129. The predicted molar refractivity (Wildman–Crippen MR) is 121 cm³/mol. The normalized spacial score (nSPS) is 17.4. The number of thiophene rings is 1. The monoisotopic (exact) mass is 494 g/mol. The predicted octanol–water partition coefficient (Wildman–Crippen LogP) is 4.54. The molecule has 0 aliphatic carbocycles. The third-order valence-corrected chi connectivity index (χ3v) is 6.72. The molecular weight excluding hydrogens is 476 g/mol. The second-order valence-corrected chi connectivity index (χ2v) is 9.72. The quantitative estimate of drug-likeness (QED) is 0.576. The summed E-state index contributed by atoms with van der Waals surface area (Å²) in [6, 6.07) is 10.9. The molecule has 1 atom stereocenters. The van der Waals surface area contributed by atoms with Gasteiger partial charge in [0.05, 0.1) is 27.4 Å². The molecule has 1 aromatic heterocycles. The molecule has 29 heavy (non-hydrogen) atoms. The Morgan fingerprint density at radius 2 is 2.21 bits per heavy atom. The zero-order valence-corrected chi connectivity index (χ0v) is 19.0. The maximum Gasteiger partial charge on any atom is 0.250 e. The number of thioether (sulfide) groups is 1. The standard InChI is InChI=1S/C19H19BrN4O3S2/c1-3-27-13-6-4-5-12(9-13)22-18(26)15-10-17(25)24(19(21)29-15)23-11(2)14-7-8-16(20)28-14/h4-9,15,21H,3,10H2,1-2H3,(H,22,26)/t15-/m0/s1. The van der Waals surface area contributed by atoms with Crippen molar-refractivity contribution < 1.29 is 14.3 Å². The Balaban J connectivity index is 1.66. The van der Waals surface area contributed by atoms with Crippen LogP contribution in [0.4, 0.5) is 5.69 Å². The molecule has 0 saturated carbocycles. The Morgan fingerprint density at radius 1 is 1.41 bits per heavy atom. The number of benzene rings is 1. The van der Waals surface area contributed by atoms with Crippen molar-refractivity contribution in [3.8, 4) is 5.75 Å². The van der Waals surface area contributed by atoms with Gasteiger partial charge < -0.3 is 10.1 Å². The topological polar surface area (TPSA) is 94.8 Å². The third-order valence-electron chi connectivity index (χ3n) is 3.93. The van der Waals surface area contributed by atoms with Crippen LogP contribution in [0.3, 0.4) is 0 Å². The summed E-state index contributed by atoms with van der Waals surface area (Å²) in [4.78, 5) is 26.0. The molecule has 3 rings (SSSR count). The van der Waals surface area contributed by atoms with Crippen LogP contribution in [0.5, 0.6) is 5.75 Å². The molecule has 152 valence electrons. The van der Waals surface area contributed by atoms with E-state index in [0.29, 0.717) is 23.8 Å². The van der Waals surface area contributed by atoms with E-state index in [1.807, 2.05) is 19.1 Å². The van der Waals surface area contributed by atoms with E-state index < -0.39 is 5.25 Å². The molecule has 2 amide bonds. The Kier molecular flexibility index (Phi) is 7.09. The Bertz CT molecular complexity index is 958. The van der Waals surface area contributed by atoms with Crippen LogP contribution in [0, 0.1) is 5.41 Å². The first-order valence-corrected chi connectivity index (χ1v) is 11.3. The van der Waals surface area contributed by atoms with E-state index in [9.17, 15) is 9.59 Å². The molecule has 2 aromatic rings. The van der Waals surface area contributed by atoms with Gasteiger partial charge in [0, 0.05) is 11.8 Å². The zero-order chi connectivity index (χ0) is 21.0. The van der Waals surface area contributed by atoms with Gasteiger partial charge in [0.25, 0.3) is 5.91 Å². The van der Waals surface area contributed by atoms with Crippen molar-refractivity contribution in [3.63, 3.8) is 0 Å². The average molecular weight is 495 g/mol. The summed E-state index contributed by atoms with van der Waals surface area (Å²) in [5.41, 5.74) is 1.22. The average Bonchev–Trinajstić information content (AvgIpc) is 3.11. The molecule has 0 radical (unpaired) electrons. The minimum Gasteiger partial charge on any atom is -0.494 e. The number of hydrogen-bond donors (Lipinski definition) is 2. The van der Waals surface area contributed by atoms with Crippen molar-refractivity contribution in [2.45, 2.75) is 25.5 Å². The molecule has 2 N–H and O–H groups in total. The van der Waals surface area contributed by atoms with Crippen LogP contribution < -0.4 is 10.1 Å². The van der Waals surface area contributed by atoms with Gasteiger partial charge in [0.2, 0.25) is 5.91 Å². The SMILES string of the molecule is CCOc1cccc(NC(=O)[C@@H]2CC(=O)N(N=C(C)c3ccc(Br)s3)C(=N)S2)c1. The number of hydrazone groups is 1. The van der Waals surface area contributed by atoms with Crippen LogP contribution in [-0.2, 0) is 9.59 Å². The van der Waals surface area contributed by atoms with Crippen molar-refractivity contribution >= 4 is 67.4 Å². The summed E-state index contributed by atoms with van der Waals surface area (Å²) in [6.45, 7) is 4.20. The lowest BCUT2D eigenvalue weighted by Crippen LogP contribution is -2.42. The van der Waals surface area contributed by atoms with Gasteiger partial charge in [0.1, 0.15) is 11.0 Å². The van der Waals surface area contributed by atoms with E-state index in [1.165, 1.54) is 11.3 Å². The van der Waals surface area contributed by atoms with Gasteiger partial charge in [0.15, 0.2) is 5.17 Å². The van der Waals surface area contributed by atoms with Gasteiger partial charge >= 0.3 is 0 Å². The molecular formula is C19H19BrN4O3S2. The molecule has 1 aromatic carbocycles. The Hall–Kier alpha value is -2.17. The summed E-state index contributed by atoms with van der Waals surface area (Å²) in [7, 11) is 0. The zero-order valence-electron chi connectivity index (χ0n) is 15.8. The minimum absolute atomic E-state index is 0.0328. The second kappa shape index (κ2) is 9.55. The molecule has 0 spiro atoms. The van der Waals surface area contributed by atoms with Crippen LogP contribution in [0.1, 0.15) is 25.1 Å². The highest BCUT2D eigenvalue weighted by atomic mass is 79.9. The van der Waals surface area contributed by atoms with Gasteiger partial charge in [-0.15, -0.1) is 11.3 Å². The highest BCUT2D eigenvalue weighted by Gasteiger charge is 2.35. The van der Waals surface area contributed by atoms with E-state index in [0.717, 1.165) is 25.4 Å². The van der Waals surface area contributed by atoms with Crippen molar-refractivity contribution in [3.05, 3.63) is 45.1 Å². The highest BCUT2D eigenvalue weighted by Crippen LogP contribution is 2.29. The number of carbonyl (C=O) groups excluding carboxylic acids is 2. The van der Waals surface area contributed by atoms with Gasteiger partial charge in [-0.3, -0.25) is 15.0 Å². The van der Waals surface area contributed by atoms with Gasteiger partial charge in [-0.25, -0.2) is 0 Å². The Labute approximate surface area is 185 Å². The van der Waals surface area contributed by atoms with E-state index in [1.54, 1.807) is 31.2 Å². The summed E-state index contributed by atoms with van der Waals surface area (Å²) >= 11 is 5.91. The number of hydrogen-bond acceptors (Lipinski definition) is 7. The first kappa shape index (κ1) is 21.5. The summed E-state index contributed by atoms with van der Waals surface area (Å²) in [5.74, 6) is -0.0576. The summed E-state index contributed by atoms with van der Waals surface area (Å²) in [5, 5.41) is 15.6. The first-order valence-electron chi connectivity index (χ1n) is 8.80. The molecule has 1 aliphatic rings. The molecule has 10 heteroatoms. The molecule has 1 saturated heterocycles. The highest BCUT2D eigenvalue weighted by molar-refractivity contribution is 9.11. The van der Waals surface area contributed by atoms with Gasteiger partial charge in [-0.2, -0.15) is 10.1 Å². The lowest BCUT2D eigenvalue weighted by Gasteiger charge is -2.27. The first-order chi connectivity index (χ1) is 13.9. The van der Waals surface area contributed by atoms with Crippen molar-refractivity contribution in [1.82, 2.24) is 5.01 Å². The smallest absolute Gasteiger partial charge is 0.250 e. The van der Waals surface area contributed by atoms with Crippen molar-refractivity contribution in [1.29, 1.82) is 5.41 Å². The van der Waals surface area contributed by atoms with E-state index in [2.05, 4.69) is 26.3 Å². The minimum atomic E-state index is -0.687. The summed E-state index contributed by atoms with van der Waals surface area (Å²) < 4.78 is 6.39. The number of carbonyl (C=O) groups is 2. The number of amidine groups is 1. The number of rotatable bonds is 6. The largest absolute Gasteiger partial charge is 0.494 e. The van der Waals surface area contributed by atoms with Gasteiger partial charge in [-0.1, -0.05) is 17.8 Å². The maximum absolute atomic E-state index is 12.6. The number of halogens is 1. The Morgan fingerprint density at radius 3 is 2.86 bits per heavy atom. The van der Waals surface area contributed by atoms with Crippen LogP contribution >= 0.6 is 39.0 Å². The third kappa shape index (κ3) is 5.46. The van der Waals surface area contributed by atoms with Crippen molar-refractivity contribution in [2.24, 2.45) is 5.10 Å². The second-order valence-electron chi connectivity index (χ2n) is 6.06. The van der Waals surface area contributed by atoms with E-state index >= 15 is 0 Å². The number of amides is 2. The molecule has 7 nitrogen and oxygen atoms in total. The number of anilines is 1. The van der Waals surface area contributed by atoms with E-state index in [4.69, 9.17) is 10.1 Å². The fraction of sp³-hybridized carbons (Fsp3) is 0.263. The number of ether oxygens (including phenoxy) is 1. The summed E-state index contributed by atoms with van der Waals surface area (Å²) in [6.07, 6.45) is -0.0328. The number of nitrogens with one attached hydrogen (secondary N) is 2.